The molecule has 0 aromatic rings. The van der Waals surface area contributed by atoms with E-state index in [1.807, 2.05) is 13.8 Å². The second-order valence-corrected chi connectivity index (χ2v) is 4.53. The first kappa shape index (κ1) is 15.3. The van der Waals surface area contributed by atoms with E-state index in [1.165, 1.54) is 6.92 Å². The van der Waals surface area contributed by atoms with Crippen LogP contribution in [0.4, 0.5) is 0 Å². The van der Waals surface area contributed by atoms with Gasteiger partial charge >= 0.3 is 0 Å². The van der Waals surface area contributed by atoms with Gasteiger partial charge in [0.05, 0.1) is 0 Å². The third-order valence-corrected chi connectivity index (χ3v) is 3.33. The predicted octanol–water partition coefficient (Wildman–Crippen LogP) is 2.50. The summed E-state index contributed by atoms with van der Waals surface area (Å²) in [5.74, 6) is -0.0149. The number of rotatable bonds is 8. The quantitative estimate of drug-likeness (QED) is 0.694. The molecule has 0 aromatic heterocycles. The molecule has 0 heterocycles. The Hall–Kier alpha value is -0.700. The summed E-state index contributed by atoms with van der Waals surface area (Å²) in [6.45, 7) is 7.24. The molecular weight excluding hydrogens is 204 g/mol. The van der Waals surface area contributed by atoms with Gasteiger partial charge in [-0.15, -0.1) is 0 Å². The molecular formula is C13H24O3. The number of carbonyl (C=O) groups is 2. The number of aliphatic hydroxyl groups is 1. The molecule has 0 aromatic carbocycles. The van der Waals surface area contributed by atoms with Gasteiger partial charge < -0.3 is 5.11 Å². The molecule has 94 valence electrons. The third-order valence-electron chi connectivity index (χ3n) is 3.33. The van der Waals surface area contributed by atoms with Crippen LogP contribution in [0.2, 0.25) is 0 Å². The van der Waals surface area contributed by atoms with Crippen molar-refractivity contribution in [1.82, 2.24) is 0 Å². The van der Waals surface area contributed by atoms with Gasteiger partial charge in [-0.05, 0) is 26.2 Å². The van der Waals surface area contributed by atoms with Gasteiger partial charge in [0.25, 0.3) is 0 Å². The van der Waals surface area contributed by atoms with Crippen LogP contribution >= 0.6 is 0 Å². The van der Waals surface area contributed by atoms with Gasteiger partial charge in [-0.25, -0.2) is 0 Å². The van der Waals surface area contributed by atoms with E-state index in [0.29, 0.717) is 6.42 Å². The van der Waals surface area contributed by atoms with Crippen LogP contribution in [-0.2, 0) is 9.59 Å². The van der Waals surface area contributed by atoms with Crippen molar-refractivity contribution >= 4 is 11.6 Å². The Morgan fingerprint density at radius 3 is 2.00 bits per heavy atom. The number of ketones is 2. The molecule has 0 rings (SSSR count). The second kappa shape index (κ2) is 6.79. The third kappa shape index (κ3) is 4.44. The first-order valence-corrected chi connectivity index (χ1v) is 6.17. The highest BCUT2D eigenvalue weighted by Gasteiger charge is 2.28. The first-order chi connectivity index (χ1) is 7.38. The zero-order valence-corrected chi connectivity index (χ0v) is 10.9. The van der Waals surface area contributed by atoms with Gasteiger partial charge in [0, 0.05) is 18.8 Å². The fourth-order valence-electron chi connectivity index (χ4n) is 1.65. The molecule has 0 spiro atoms. The lowest BCUT2D eigenvalue weighted by Gasteiger charge is -2.19. The lowest BCUT2D eigenvalue weighted by molar-refractivity contribution is -0.137. The lowest BCUT2D eigenvalue weighted by Crippen LogP contribution is -2.34. The number of carbonyl (C=O) groups excluding carboxylic acids is 2. The molecule has 0 bridgehead atoms. The molecule has 0 fully saturated rings. The van der Waals surface area contributed by atoms with Crippen LogP contribution in [0.5, 0.6) is 0 Å². The topological polar surface area (TPSA) is 54.4 Å². The zero-order valence-electron chi connectivity index (χ0n) is 10.9. The normalized spacial score (nSPS) is 14.9. The summed E-state index contributed by atoms with van der Waals surface area (Å²) in [7, 11) is 0. The van der Waals surface area contributed by atoms with Crippen molar-refractivity contribution in [1.29, 1.82) is 0 Å². The Bertz CT molecular complexity index is 240. The predicted molar refractivity (Wildman–Crippen MR) is 64.2 cm³/mol. The van der Waals surface area contributed by atoms with Crippen molar-refractivity contribution in [2.45, 2.75) is 65.4 Å². The molecule has 0 aliphatic heterocycles. The van der Waals surface area contributed by atoms with E-state index in [9.17, 15) is 14.7 Å². The average Bonchev–Trinajstić information content (AvgIpc) is 2.27. The van der Waals surface area contributed by atoms with Gasteiger partial charge in [0.2, 0.25) is 0 Å². The van der Waals surface area contributed by atoms with Crippen molar-refractivity contribution < 1.29 is 14.7 Å². The van der Waals surface area contributed by atoms with Crippen molar-refractivity contribution in [3.05, 3.63) is 0 Å². The van der Waals surface area contributed by atoms with Crippen molar-refractivity contribution in [2.24, 2.45) is 5.92 Å². The van der Waals surface area contributed by atoms with Crippen molar-refractivity contribution in [3.63, 3.8) is 0 Å². The van der Waals surface area contributed by atoms with E-state index >= 15 is 0 Å². The summed E-state index contributed by atoms with van der Waals surface area (Å²) in [6, 6.07) is 0. The molecule has 1 atom stereocenters. The second-order valence-electron chi connectivity index (χ2n) is 4.53. The van der Waals surface area contributed by atoms with E-state index in [0.717, 1.165) is 12.8 Å². The minimum absolute atomic E-state index is 0.0689. The van der Waals surface area contributed by atoms with E-state index in [4.69, 9.17) is 0 Å². The Morgan fingerprint density at radius 2 is 1.62 bits per heavy atom. The zero-order chi connectivity index (χ0) is 12.8. The monoisotopic (exact) mass is 228 g/mol. The maximum Gasteiger partial charge on any atom is 0.164 e. The van der Waals surface area contributed by atoms with Gasteiger partial charge in [0.15, 0.2) is 5.78 Å². The SMILES string of the molecule is CCC(CC)C(=O)CCC(=O)C(C)(O)CC. The summed E-state index contributed by atoms with van der Waals surface area (Å²) >= 11 is 0. The average molecular weight is 228 g/mol. The van der Waals surface area contributed by atoms with Crippen LogP contribution in [0, 0.1) is 5.92 Å². The molecule has 0 amide bonds. The fourth-order valence-corrected chi connectivity index (χ4v) is 1.65. The van der Waals surface area contributed by atoms with Gasteiger partial charge in [-0.3, -0.25) is 9.59 Å². The van der Waals surface area contributed by atoms with Crippen LogP contribution in [0.15, 0.2) is 0 Å². The Morgan fingerprint density at radius 1 is 1.12 bits per heavy atom. The van der Waals surface area contributed by atoms with E-state index in [-0.39, 0.29) is 30.3 Å². The molecule has 0 aliphatic carbocycles. The van der Waals surface area contributed by atoms with Crippen LogP contribution in [0.3, 0.4) is 0 Å². The van der Waals surface area contributed by atoms with Crippen molar-refractivity contribution in [3.8, 4) is 0 Å². The van der Waals surface area contributed by atoms with Gasteiger partial charge in [-0.1, -0.05) is 20.8 Å². The summed E-state index contributed by atoms with van der Waals surface area (Å²) in [6.07, 6.45) is 2.48. The molecule has 3 nitrogen and oxygen atoms in total. The van der Waals surface area contributed by atoms with Crippen LogP contribution in [0.1, 0.15) is 59.8 Å². The lowest BCUT2D eigenvalue weighted by atomic mass is 9.90. The van der Waals surface area contributed by atoms with Crippen LogP contribution < -0.4 is 0 Å². The van der Waals surface area contributed by atoms with E-state index in [1.54, 1.807) is 6.92 Å². The summed E-state index contributed by atoms with van der Waals surface area (Å²) in [5, 5.41) is 9.70. The maximum absolute atomic E-state index is 11.7. The Balaban J connectivity index is 4.16. The van der Waals surface area contributed by atoms with Crippen LogP contribution in [-0.4, -0.2) is 22.3 Å². The minimum Gasteiger partial charge on any atom is -0.382 e. The first-order valence-electron chi connectivity index (χ1n) is 6.17. The number of hydrogen-bond donors (Lipinski definition) is 1. The number of hydrogen-bond acceptors (Lipinski definition) is 3. The molecule has 3 heteroatoms. The molecule has 1 N–H and O–H groups in total. The Kier molecular flexibility index (Phi) is 6.49. The summed E-state index contributed by atoms with van der Waals surface area (Å²) in [4.78, 5) is 23.3. The largest absolute Gasteiger partial charge is 0.382 e. The molecule has 0 aliphatic rings. The number of Topliss-reactive ketones (excluding diaryl/α,β-unsaturated/α-hetero) is 2. The van der Waals surface area contributed by atoms with E-state index < -0.39 is 5.60 Å². The molecule has 0 saturated heterocycles. The van der Waals surface area contributed by atoms with E-state index in [2.05, 4.69) is 0 Å². The highest BCUT2D eigenvalue weighted by molar-refractivity contribution is 5.91. The molecule has 1 unspecified atom stereocenters. The van der Waals surface area contributed by atoms with Gasteiger partial charge in [0.1, 0.15) is 11.4 Å². The highest BCUT2D eigenvalue weighted by atomic mass is 16.3. The Labute approximate surface area is 98.2 Å². The minimum atomic E-state index is -1.27. The summed E-state index contributed by atoms with van der Waals surface area (Å²) in [5.41, 5.74) is -1.27. The highest BCUT2D eigenvalue weighted by Crippen LogP contribution is 2.17. The molecule has 0 saturated carbocycles. The smallest absolute Gasteiger partial charge is 0.164 e. The molecule has 0 radical (unpaired) electrons. The van der Waals surface area contributed by atoms with Crippen LogP contribution in [0.25, 0.3) is 0 Å². The van der Waals surface area contributed by atoms with Gasteiger partial charge in [-0.2, -0.15) is 0 Å². The van der Waals surface area contributed by atoms with Crippen molar-refractivity contribution in [2.75, 3.05) is 0 Å². The summed E-state index contributed by atoms with van der Waals surface area (Å²) < 4.78 is 0. The standard InChI is InChI=1S/C13H24O3/c1-5-10(6-2)11(14)8-9-12(15)13(4,16)7-3/h10,16H,5-9H2,1-4H3. The fraction of sp³-hybridized carbons (Fsp3) is 0.846. The maximum atomic E-state index is 11.7. The molecule has 16 heavy (non-hydrogen) atoms.